The lowest BCUT2D eigenvalue weighted by atomic mass is 9.53. The Balaban J connectivity index is 1.80. The molecule has 3 aliphatic carbocycles. The van der Waals surface area contributed by atoms with E-state index in [0.717, 1.165) is 12.2 Å². The number of amides is 2. The Hall–Kier alpha value is -1.88. The number of para-hydroxylation sites is 1. The van der Waals surface area contributed by atoms with Gasteiger partial charge in [0.05, 0.1) is 23.3 Å². The van der Waals surface area contributed by atoms with E-state index in [4.69, 9.17) is 4.43 Å². The zero-order valence-electron chi connectivity index (χ0n) is 20.2. The van der Waals surface area contributed by atoms with Crippen LogP contribution in [-0.4, -0.2) is 20.1 Å². The van der Waals surface area contributed by atoms with Crippen LogP contribution in [-0.2, 0) is 14.0 Å². The molecule has 2 fully saturated rings. The fraction of sp³-hybridized carbons (Fsp3) is 0.615. The topological polar surface area (TPSA) is 46.6 Å². The number of nitrogens with zero attached hydrogens (tertiary/aromatic N) is 1. The first kappa shape index (κ1) is 22.3. The Morgan fingerprint density at radius 2 is 1.58 bits per heavy atom. The van der Waals surface area contributed by atoms with Crippen LogP contribution in [0.2, 0.25) is 18.1 Å². The number of benzene rings is 1. The minimum atomic E-state index is -2.07. The van der Waals surface area contributed by atoms with E-state index in [9.17, 15) is 9.59 Å². The van der Waals surface area contributed by atoms with Gasteiger partial charge in [0.1, 0.15) is 0 Å². The van der Waals surface area contributed by atoms with Crippen molar-refractivity contribution in [3.63, 3.8) is 0 Å². The van der Waals surface area contributed by atoms with Gasteiger partial charge in [-0.25, -0.2) is 0 Å². The average molecular weight is 440 g/mol. The maximum atomic E-state index is 13.8. The quantitative estimate of drug-likeness (QED) is 0.426. The van der Waals surface area contributed by atoms with E-state index in [1.54, 1.807) is 0 Å². The predicted octanol–water partition coefficient (Wildman–Crippen LogP) is 6.01. The van der Waals surface area contributed by atoms with Crippen LogP contribution in [0.5, 0.6) is 0 Å². The van der Waals surface area contributed by atoms with Crippen LogP contribution in [0.4, 0.5) is 5.69 Å². The van der Waals surface area contributed by atoms with Crippen molar-refractivity contribution < 1.29 is 14.0 Å². The third-order valence-electron chi connectivity index (χ3n) is 8.50. The van der Waals surface area contributed by atoms with Gasteiger partial charge in [-0.15, -0.1) is 0 Å². The van der Waals surface area contributed by atoms with Gasteiger partial charge in [0.2, 0.25) is 20.1 Å². The van der Waals surface area contributed by atoms with Gasteiger partial charge in [0.25, 0.3) is 0 Å². The number of hydrogen-bond donors (Lipinski definition) is 0. The number of carbonyl (C=O) groups excluding carboxylic acids is 2. The fourth-order valence-electron chi connectivity index (χ4n) is 5.71. The van der Waals surface area contributed by atoms with E-state index in [2.05, 4.69) is 54.6 Å². The molecule has 168 valence electrons. The molecule has 0 aromatic heterocycles. The van der Waals surface area contributed by atoms with Gasteiger partial charge in [0, 0.05) is 5.92 Å². The highest BCUT2D eigenvalue weighted by Crippen LogP contribution is 2.60. The Labute approximate surface area is 188 Å². The molecule has 0 radical (unpaired) electrons. The van der Waals surface area contributed by atoms with E-state index >= 15 is 0 Å². The molecular formula is C26H37NO3Si. The molecule has 1 aliphatic heterocycles. The summed E-state index contributed by atoms with van der Waals surface area (Å²) in [6, 6.07) is 9.42. The fourth-order valence-corrected chi connectivity index (χ4v) is 6.86. The first-order chi connectivity index (χ1) is 14.4. The van der Waals surface area contributed by atoms with Gasteiger partial charge in [0.15, 0.2) is 0 Å². The number of hydrogen-bond acceptors (Lipinski definition) is 3. The van der Waals surface area contributed by atoms with Crippen molar-refractivity contribution in [1.82, 2.24) is 0 Å². The second-order valence-corrected chi connectivity index (χ2v) is 16.3. The summed E-state index contributed by atoms with van der Waals surface area (Å²) < 4.78 is 6.94. The zero-order valence-corrected chi connectivity index (χ0v) is 21.2. The van der Waals surface area contributed by atoms with Crippen molar-refractivity contribution in [1.29, 1.82) is 0 Å². The molecule has 1 aromatic rings. The van der Waals surface area contributed by atoms with Crippen LogP contribution in [0.3, 0.4) is 0 Å². The third kappa shape index (κ3) is 3.31. The Morgan fingerprint density at radius 3 is 2.13 bits per heavy atom. The summed E-state index contributed by atoms with van der Waals surface area (Å²) >= 11 is 0. The molecule has 5 rings (SSSR count). The van der Waals surface area contributed by atoms with Crippen molar-refractivity contribution in [3.05, 3.63) is 41.7 Å². The lowest BCUT2D eigenvalue weighted by Gasteiger charge is -2.53. The van der Waals surface area contributed by atoms with Gasteiger partial charge in [-0.3, -0.25) is 14.5 Å². The van der Waals surface area contributed by atoms with Crippen LogP contribution in [0.15, 0.2) is 41.7 Å². The minimum absolute atomic E-state index is 0.00529. The van der Waals surface area contributed by atoms with E-state index in [-0.39, 0.29) is 40.5 Å². The van der Waals surface area contributed by atoms with Crippen LogP contribution in [0.25, 0.3) is 0 Å². The molecule has 0 unspecified atom stereocenters. The minimum Gasteiger partial charge on any atom is -0.546 e. The Bertz CT molecular complexity index is 928. The molecule has 1 saturated heterocycles. The molecule has 0 spiro atoms. The number of carbonyl (C=O) groups is 2. The summed E-state index contributed by atoms with van der Waals surface area (Å²) in [5.41, 5.74) is 1.90. The highest BCUT2D eigenvalue weighted by molar-refractivity contribution is 6.74. The normalized spacial score (nSPS) is 31.0. The summed E-state index contributed by atoms with van der Waals surface area (Å²) in [6.07, 6.45) is 0.974. The van der Waals surface area contributed by atoms with Gasteiger partial charge >= 0.3 is 0 Å². The summed E-state index contributed by atoms with van der Waals surface area (Å²) in [4.78, 5) is 28.8. The molecular weight excluding hydrogens is 402 g/mol. The molecule has 2 bridgehead atoms. The van der Waals surface area contributed by atoms with E-state index in [0.29, 0.717) is 17.5 Å². The molecule has 1 aromatic carbocycles. The van der Waals surface area contributed by atoms with Crippen LogP contribution < -0.4 is 4.90 Å². The number of anilines is 1. The molecule has 31 heavy (non-hydrogen) atoms. The second-order valence-electron chi connectivity index (χ2n) is 11.6. The van der Waals surface area contributed by atoms with Crippen molar-refractivity contribution in [2.75, 3.05) is 4.90 Å². The number of allylic oxidation sites excluding steroid dienone is 2. The van der Waals surface area contributed by atoms with E-state index in [1.165, 1.54) is 10.5 Å². The van der Waals surface area contributed by atoms with Crippen molar-refractivity contribution in [3.8, 4) is 0 Å². The summed E-state index contributed by atoms with van der Waals surface area (Å²) in [5.74, 6) is 1.31. The third-order valence-corrected chi connectivity index (χ3v) is 12.8. The molecule has 1 heterocycles. The molecule has 0 N–H and O–H groups in total. The Kier molecular flexibility index (Phi) is 5.28. The lowest BCUT2D eigenvalue weighted by molar-refractivity contribution is -0.129. The number of fused-ring (bicyclic) bond motifs is 1. The molecule has 4 aliphatic rings. The summed E-state index contributed by atoms with van der Waals surface area (Å²) in [6.45, 7) is 17.9. The zero-order chi connectivity index (χ0) is 22.9. The SMILES string of the molecule is CC1=C(O[Si](C)(C)C(C)(C)C)[C@H]2[C@H]3C(=O)N(c4ccccc4)C(=O)[C@H]3[C@@H]1C[C@H]2C(C)C. The Morgan fingerprint density at radius 1 is 1.00 bits per heavy atom. The summed E-state index contributed by atoms with van der Waals surface area (Å²) in [7, 11) is -2.07. The lowest BCUT2D eigenvalue weighted by Crippen LogP contribution is -2.52. The predicted molar refractivity (Wildman–Crippen MR) is 127 cm³/mol. The molecule has 5 atom stereocenters. The molecule has 4 nitrogen and oxygen atoms in total. The van der Waals surface area contributed by atoms with Crippen molar-refractivity contribution in [2.24, 2.45) is 35.5 Å². The highest BCUT2D eigenvalue weighted by Gasteiger charge is 2.64. The second kappa shape index (κ2) is 7.33. The van der Waals surface area contributed by atoms with Crippen molar-refractivity contribution in [2.45, 2.75) is 66.1 Å². The van der Waals surface area contributed by atoms with Crippen LogP contribution in [0.1, 0.15) is 48.0 Å². The summed E-state index contributed by atoms with van der Waals surface area (Å²) in [5, 5.41) is 0.0786. The maximum absolute atomic E-state index is 13.8. The van der Waals surface area contributed by atoms with Crippen molar-refractivity contribution >= 4 is 25.8 Å². The standard InChI is InChI=1S/C26H37NO3Si/c1-15(2)18-14-19-16(3)23(30-31(7,8)26(4,5)6)20(18)22-21(19)24(28)27(25(22)29)17-12-10-9-11-13-17/h9-13,15,18-22H,14H2,1-8H3/t18-,19+,20+,21-,22+/m0/s1. The number of rotatable bonds is 4. The molecule has 2 amide bonds. The average Bonchev–Trinajstić information content (AvgIpc) is 2.95. The van der Waals surface area contributed by atoms with Gasteiger partial charge in [-0.1, -0.05) is 52.8 Å². The van der Waals surface area contributed by atoms with Crippen LogP contribution >= 0.6 is 0 Å². The first-order valence-electron chi connectivity index (χ1n) is 11.7. The first-order valence-corrected chi connectivity index (χ1v) is 14.6. The highest BCUT2D eigenvalue weighted by atomic mass is 28.4. The number of imide groups is 1. The molecule has 1 saturated carbocycles. The monoisotopic (exact) mass is 439 g/mol. The molecule has 5 heteroatoms. The van der Waals surface area contributed by atoms with E-state index < -0.39 is 8.32 Å². The smallest absolute Gasteiger partial charge is 0.250 e. The van der Waals surface area contributed by atoms with Crippen LogP contribution in [0, 0.1) is 35.5 Å². The van der Waals surface area contributed by atoms with Gasteiger partial charge in [-0.05, 0) is 66.9 Å². The largest absolute Gasteiger partial charge is 0.546 e. The van der Waals surface area contributed by atoms with Gasteiger partial charge < -0.3 is 4.43 Å². The van der Waals surface area contributed by atoms with Gasteiger partial charge in [-0.2, -0.15) is 0 Å². The maximum Gasteiger partial charge on any atom is 0.250 e. The van der Waals surface area contributed by atoms with E-state index in [1.807, 2.05) is 30.3 Å².